The molecule has 3 aromatic carbocycles. The molecule has 8 rings (SSSR count). The van der Waals surface area contributed by atoms with Crippen molar-refractivity contribution in [1.82, 2.24) is 21.3 Å². The molecule has 8 bridgehead atoms. The summed E-state index contributed by atoms with van der Waals surface area (Å²) in [4.78, 5) is 53.2. The lowest BCUT2D eigenvalue weighted by atomic mass is 9.73. The van der Waals surface area contributed by atoms with Crippen molar-refractivity contribution in [3.05, 3.63) is 81.9 Å². The van der Waals surface area contributed by atoms with Gasteiger partial charge in [-0.05, 0) is 36.4 Å². The molecule has 266 valence electrons. The van der Waals surface area contributed by atoms with Crippen LogP contribution >= 0.6 is 0 Å². The van der Waals surface area contributed by atoms with Crippen molar-refractivity contribution in [1.29, 1.82) is 0 Å². The van der Waals surface area contributed by atoms with Crippen LogP contribution in [-0.4, -0.2) is 91.7 Å². The maximum absolute atomic E-state index is 13.4. The number of ether oxygens (including phenoxy) is 6. The number of hydrogen-bond acceptors (Lipinski definition) is 12. The van der Waals surface area contributed by atoms with E-state index in [1.165, 1.54) is 24.3 Å². The molecule has 16 nitrogen and oxygen atoms in total. The van der Waals surface area contributed by atoms with E-state index in [0.29, 0.717) is 0 Å². The molecule has 3 aromatic rings. The number of amides is 4. The molecule has 6 atom stereocenters. The van der Waals surface area contributed by atoms with Crippen LogP contribution in [0.2, 0.25) is 0 Å². The fourth-order valence-electron chi connectivity index (χ4n) is 7.41. The van der Waals surface area contributed by atoms with E-state index in [1.54, 1.807) is 24.3 Å². The summed E-state index contributed by atoms with van der Waals surface area (Å²) in [7, 11) is 0. The highest BCUT2D eigenvalue weighted by Crippen LogP contribution is 2.50. The number of nitrogens with one attached hydrogen (secondary N) is 4. The summed E-state index contributed by atoms with van der Waals surface area (Å²) in [6.45, 7) is -0.389. The summed E-state index contributed by atoms with van der Waals surface area (Å²) in [5.74, 6) is -3.60. The summed E-state index contributed by atoms with van der Waals surface area (Å²) in [6.07, 6.45) is -1.84. The van der Waals surface area contributed by atoms with E-state index >= 15 is 0 Å². The van der Waals surface area contributed by atoms with Crippen molar-refractivity contribution in [2.45, 2.75) is 37.5 Å². The van der Waals surface area contributed by atoms with Crippen molar-refractivity contribution < 1.29 is 57.8 Å². The number of phenols is 2. The molecule has 4 aliphatic heterocycles. The van der Waals surface area contributed by atoms with E-state index < -0.39 is 59.5 Å². The third-order valence-electron chi connectivity index (χ3n) is 9.96. The third kappa shape index (κ3) is 5.95. The number of carbonyl (C=O) groups is 4. The van der Waals surface area contributed by atoms with Gasteiger partial charge in [-0.3, -0.25) is 19.2 Å². The van der Waals surface area contributed by atoms with Gasteiger partial charge in [0, 0.05) is 47.2 Å². The molecular formula is C35H34N4O12. The van der Waals surface area contributed by atoms with Crippen LogP contribution < -0.4 is 30.7 Å². The first kappa shape index (κ1) is 32.8. The van der Waals surface area contributed by atoms with Crippen LogP contribution in [0.1, 0.15) is 52.6 Å². The average Bonchev–Trinajstić information content (AvgIpc) is 3.94. The summed E-state index contributed by atoms with van der Waals surface area (Å²) < 4.78 is 35.1. The highest BCUT2D eigenvalue weighted by atomic mass is 16.7. The zero-order chi connectivity index (χ0) is 35.2. The Hall–Kier alpha value is -5.42. The van der Waals surface area contributed by atoms with Crippen molar-refractivity contribution in [3.63, 3.8) is 0 Å². The third-order valence-corrected chi connectivity index (χ3v) is 9.96. The summed E-state index contributed by atoms with van der Waals surface area (Å²) >= 11 is 0. The summed E-state index contributed by atoms with van der Waals surface area (Å²) in [5, 5.41) is 33.2. The lowest BCUT2D eigenvalue weighted by Crippen LogP contribution is -2.60. The molecule has 4 amide bonds. The van der Waals surface area contributed by atoms with Crippen LogP contribution in [0.25, 0.3) is 0 Å². The maximum atomic E-state index is 13.4. The normalized spacial score (nSPS) is 27.6. The molecular weight excluding hydrogens is 668 g/mol. The van der Waals surface area contributed by atoms with Gasteiger partial charge in [-0.15, -0.1) is 0 Å². The van der Waals surface area contributed by atoms with Gasteiger partial charge in [0.05, 0.1) is 48.6 Å². The van der Waals surface area contributed by atoms with Crippen LogP contribution in [0, 0.1) is 11.8 Å². The van der Waals surface area contributed by atoms with Gasteiger partial charge >= 0.3 is 0 Å². The smallest absolute Gasteiger partial charge is 0.251 e. The number of carbonyl (C=O) groups excluding carboxylic acids is 4. The van der Waals surface area contributed by atoms with Crippen LogP contribution in [0.15, 0.2) is 48.5 Å². The number of phenolic OH excluding ortho intramolecular Hbond substituents is 2. The van der Waals surface area contributed by atoms with Gasteiger partial charge in [0.1, 0.15) is 13.6 Å². The van der Waals surface area contributed by atoms with E-state index in [9.17, 15) is 29.4 Å². The molecule has 0 radical (unpaired) electrons. The topological polar surface area (TPSA) is 212 Å². The zero-order valence-corrected chi connectivity index (χ0v) is 27.0. The van der Waals surface area contributed by atoms with Crippen molar-refractivity contribution in [2.75, 3.05) is 33.5 Å². The zero-order valence-electron chi connectivity index (χ0n) is 27.0. The minimum absolute atomic E-state index is 0.0259. The van der Waals surface area contributed by atoms with Gasteiger partial charge in [0.2, 0.25) is 6.79 Å². The average molecular weight is 703 g/mol. The fraction of sp³-hybridized carbons (Fsp3) is 0.371. The number of benzene rings is 3. The molecule has 0 spiro atoms. The minimum atomic E-state index is -0.566. The lowest BCUT2D eigenvalue weighted by Gasteiger charge is -2.43. The number of hydrogen-bond donors (Lipinski definition) is 6. The maximum Gasteiger partial charge on any atom is 0.251 e. The Morgan fingerprint density at radius 2 is 0.863 bits per heavy atom. The quantitative estimate of drug-likeness (QED) is 0.180. The van der Waals surface area contributed by atoms with Crippen LogP contribution in [-0.2, 0) is 32.0 Å². The van der Waals surface area contributed by atoms with Crippen LogP contribution in [0.3, 0.4) is 0 Å². The Morgan fingerprint density at radius 1 is 0.510 bits per heavy atom. The minimum Gasteiger partial charge on any atom is -0.504 e. The van der Waals surface area contributed by atoms with Crippen molar-refractivity contribution >= 4 is 23.6 Å². The molecule has 3 fully saturated rings. The van der Waals surface area contributed by atoms with Gasteiger partial charge in [0.25, 0.3) is 23.6 Å². The molecule has 2 unspecified atom stereocenters. The second kappa shape index (κ2) is 13.4. The van der Waals surface area contributed by atoms with E-state index in [2.05, 4.69) is 21.3 Å². The predicted molar refractivity (Wildman–Crippen MR) is 172 cm³/mol. The van der Waals surface area contributed by atoms with Crippen LogP contribution in [0.4, 0.5) is 0 Å². The van der Waals surface area contributed by atoms with Crippen molar-refractivity contribution in [3.8, 4) is 23.0 Å². The Kier molecular flexibility index (Phi) is 8.59. The Bertz CT molecular complexity index is 1760. The molecule has 0 aromatic heterocycles. The first-order chi connectivity index (χ1) is 24.8. The van der Waals surface area contributed by atoms with Gasteiger partial charge in [-0.1, -0.05) is 12.1 Å². The first-order valence-electron chi connectivity index (χ1n) is 16.4. The van der Waals surface area contributed by atoms with Gasteiger partial charge in [-0.2, -0.15) is 0 Å². The van der Waals surface area contributed by atoms with E-state index in [1.807, 2.05) is 0 Å². The van der Waals surface area contributed by atoms with E-state index in [-0.39, 0.29) is 103 Å². The van der Waals surface area contributed by atoms with Gasteiger partial charge in [-0.25, -0.2) is 0 Å². The first-order valence-corrected chi connectivity index (χ1v) is 16.4. The summed E-state index contributed by atoms with van der Waals surface area (Å²) in [5.41, 5.74) is 0.921. The molecule has 6 N–H and O–H groups in total. The number of aromatic hydroxyl groups is 2. The molecule has 2 saturated heterocycles. The van der Waals surface area contributed by atoms with Gasteiger partial charge < -0.3 is 59.9 Å². The second-order valence-corrected chi connectivity index (χ2v) is 12.8. The van der Waals surface area contributed by atoms with Gasteiger partial charge in [0.15, 0.2) is 23.0 Å². The standard InChI is InChI=1S/C35H34N4O12/c40-24-20-9-36-32(42)16-3-1-5-18(7-16)34(44)38-11-22-28-30(50-14-48-28)23(31-29(22)49-15-51-31)12-39-35(45)19-6-2-4-17(8-19)33(43)37-10-21(25(24)41)27-26(20)46-13-47-27/h1-8,22-23,28-31,40-41H,9-15H2,(H,36,42)(H,37,43)(H,38,44)(H,39,45)/t22?,23?,28-,29+,30+,31-. The molecule has 5 aliphatic rings. The van der Waals surface area contributed by atoms with Crippen molar-refractivity contribution in [2.24, 2.45) is 11.8 Å². The molecule has 51 heavy (non-hydrogen) atoms. The van der Waals surface area contributed by atoms with E-state index in [4.69, 9.17) is 28.4 Å². The molecule has 1 saturated carbocycles. The molecule has 4 heterocycles. The number of fused-ring (bicyclic) bond motifs is 13. The number of rotatable bonds is 0. The highest BCUT2D eigenvalue weighted by molar-refractivity contribution is 6.00. The van der Waals surface area contributed by atoms with Crippen LogP contribution in [0.5, 0.6) is 23.0 Å². The molecule has 1 aliphatic carbocycles. The predicted octanol–water partition coefficient (Wildman–Crippen LogP) is 0.889. The Balaban J connectivity index is 1.12. The Morgan fingerprint density at radius 3 is 1.24 bits per heavy atom. The fourth-order valence-corrected chi connectivity index (χ4v) is 7.41. The largest absolute Gasteiger partial charge is 0.504 e. The second-order valence-electron chi connectivity index (χ2n) is 12.8. The lowest BCUT2D eigenvalue weighted by molar-refractivity contribution is -0.0824. The summed E-state index contributed by atoms with van der Waals surface area (Å²) in [6, 6.07) is 12.2. The SMILES string of the molecule is O=C1NCc2c(O)c(O)c(c3c2OCO3)CNC(=O)c2cccc(c2)C(=O)NCC2[C@H]3OCO[C@H]3C(CNC(=O)c3cccc1c3)[C@H]1OCO[C@@H]21. The van der Waals surface area contributed by atoms with E-state index in [0.717, 1.165) is 0 Å². The Labute approximate surface area is 290 Å². The molecule has 16 heteroatoms. The monoisotopic (exact) mass is 702 g/mol. The highest BCUT2D eigenvalue weighted by Gasteiger charge is 2.57.